The van der Waals surface area contributed by atoms with Crippen LogP contribution in [0.1, 0.15) is 44.5 Å². The summed E-state index contributed by atoms with van der Waals surface area (Å²) in [6.07, 6.45) is 0.317. The van der Waals surface area contributed by atoms with Gasteiger partial charge < -0.3 is 26.0 Å². The number of carbonyl (C=O) groups excluding carboxylic acids is 4. The van der Waals surface area contributed by atoms with Crippen LogP contribution in [0.25, 0.3) is 0 Å². The van der Waals surface area contributed by atoms with Crippen LogP contribution in [0.5, 0.6) is 0 Å². The Morgan fingerprint density at radius 3 is 2.57 bits per heavy atom. The summed E-state index contributed by atoms with van der Waals surface area (Å²) < 4.78 is 5.00. The minimum atomic E-state index is -0.679. The van der Waals surface area contributed by atoms with Crippen LogP contribution in [0.15, 0.2) is 18.2 Å². The molecule has 1 atom stereocenters. The normalized spacial score (nSPS) is 16.0. The maximum Gasteiger partial charge on any atom is 0.338 e. The van der Waals surface area contributed by atoms with Crippen molar-refractivity contribution >= 4 is 35.1 Å². The highest BCUT2D eigenvalue weighted by Crippen LogP contribution is 2.27. The average molecular weight is 390 g/mol. The van der Waals surface area contributed by atoms with Crippen molar-refractivity contribution in [2.45, 2.75) is 45.7 Å². The molecule has 0 aromatic heterocycles. The molecule has 152 valence electrons. The number of nitrogens with one attached hydrogen (secondary N) is 4. The number of fused-ring (bicyclic) bond motifs is 1. The van der Waals surface area contributed by atoms with E-state index in [1.165, 1.54) is 6.07 Å². The molecule has 9 nitrogen and oxygen atoms in total. The molecular formula is C19H26N4O5. The molecule has 0 aliphatic carbocycles. The lowest BCUT2D eigenvalue weighted by molar-refractivity contribution is -0.128. The van der Waals surface area contributed by atoms with Crippen molar-refractivity contribution in [2.24, 2.45) is 0 Å². The van der Waals surface area contributed by atoms with Gasteiger partial charge in [0.25, 0.3) is 5.91 Å². The Hall–Kier alpha value is -3.10. The van der Waals surface area contributed by atoms with Crippen LogP contribution in [0.2, 0.25) is 0 Å². The molecule has 1 aromatic rings. The molecule has 1 aliphatic heterocycles. The number of ether oxygens (including phenoxy) is 1. The van der Waals surface area contributed by atoms with Crippen molar-refractivity contribution in [3.63, 3.8) is 0 Å². The van der Waals surface area contributed by atoms with E-state index in [1.807, 2.05) is 27.7 Å². The topological polar surface area (TPSA) is 126 Å². The summed E-state index contributed by atoms with van der Waals surface area (Å²) in [4.78, 5) is 47.4. The molecule has 1 heterocycles. The Bertz CT molecular complexity index is 785. The maximum atomic E-state index is 12.2. The van der Waals surface area contributed by atoms with E-state index in [9.17, 15) is 19.2 Å². The smallest absolute Gasteiger partial charge is 0.338 e. The van der Waals surface area contributed by atoms with Crippen LogP contribution in [-0.4, -0.2) is 48.4 Å². The first kappa shape index (κ1) is 21.2. The fourth-order valence-electron chi connectivity index (χ4n) is 2.60. The quantitative estimate of drug-likeness (QED) is 0.556. The molecule has 0 bridgehead atoms. The number of hydrogen-bond donors (Lipinski definition) is 4. The number of carbonyl (C=O) groups is 4. The Kier molecular flexibility index (Phi) is 6.61. The highest BCUT2D eigenvalue weighted by molar-refractivity contribution is 5.99. The van der Waals surface area contributed by atoms with Crippen LogP contribution in [0.3, 0.4) is 0 Å². The molecule has 2 rings (SSSR count). The lowest BCUT2D eigenvalue weighted by atomic mass is 10.1. The van der Waals surface area contributed by atoms with Gasteiger partial charge in [0, 0.05) is 18.0 Å². The number of esters is 1. The van der Waals surface area contributed by atoms with Gasteiger partial charge >= 0.3 is 5.97 Å². The van der Waals surface area contributed by atoms with E-state index >= 15 is 0 Å². The van der Waals surface area contributed by atoms with Gasteiger partial charge in [-0.3, -0.25) is 14.4 Å². The summed E-state index contributed by atoms with van der Waals surface area (Å²) in [6.45, 7) is 6.65. The lowest BCUT2D eigenvalue weighted by Gasteiger charge is -2.20. The van der Waals surface area contributed by atoms with Gasteiger partial charge in [0.2, 0.25) is 11.8 Å². The average Bonchev–Trinajstić information content (AvgIpc) is 2.71. The molecule has 1 aliphatic rings. The molecular weight excluding hydrogens is 364 g/mol. The maximum absolute atomic E-state index is 12.2. The third-order valence-electron chi connectivity index (χ3n) is 3.72. The second-order valence-electron chi connectivity index (χ2n) is 7.71. The first-order chi connectivity index (χ1) is 13.0. The molecule has 0 fully saturated rings. The van der Waals surface area contributed by atoms with Gasteiger partial charge in [-0.15, -0.1) is 0 Å². The van der Waals surface area contributed by atoms with Gasteiger partial charge in [-0.1, -0.05) is 0 Å². The van der Waals surface area contributed by atoms with Crippen LogP contribution >= 0.6 is 0 Å². The molecule has 3 amide bonds. The van der Waals surface area contributed by atoms with Gasteiger partial charge in [-0.25, -0.2) is 4.79 Å². The van der Waals surface area contributed by atoms with Crippen molar-refractivity contribution < 1.29 is 23.9 Å². The van der Waals surface area contributed by atoms with E-state index in [-0.39, 0.29) is 30.0 Å². The molecule has 1 aromatic carbocycles. The van der Waals surface area contributed by atoms with E-state index in [0.29, 0.717) is 17.8 Å². The highest BCUT2D eigenvalue weighted by atomic mass is 16.5. The number of anilines is 2. The number of hydrogen-bond acceptors (Lipinski definition) is 6. The van der Waals surface area contributed by atoms with Crippen molar-refractivity contribution in [3.05, 3.63) is 23.8 Å². The molecule has 9 heteroatoms. The Labute approximate surface area is 163 Å². The number of amides is 3. The molecule has 1 unspecified atom stereocenters. The van der Waals surface area contributed by atoms with Crippen molar-refractivity contribution in [3.8, 4) is 0 Å². The third-order valence-corrected chi connectivity index (χ3v) is 3.72. The summed E-state index contributed by atoms with van der Waals surface area (Å²) >= 11 is 0. The van der Waals surface area contributed by atoms with Crippen LogP contribution in [-0.2, 0) is 19.1 Å². The minimum absolute atomic E-state index is 0.0856. The summed E-state index contributed by atoms with van der Waals surface area (Å²) in [5.41, 5.74) is 1.03. The zero-order chi connectivity index (χ0) is 20.9. The van der Waals surface area contributed by atoms with Gasteiger partial charge in [-0.05, 0) is 45.9 Å². The predicted octanol–water partition coefficient (Wildman–Crippen LogP) is 1.02. The lowest BCUT2D eigenvalue weighted by Crippen LogP contribution is -2.46. The number of rotatable bonds is 5. The molecule has 4 N–H and O–H groups in total. The molecule has 0 saturated carbocycles. The fraction of sp³-hybridized carbons (Fsp3) is 0.474. The van der Waals surface area contributed by atoms with Gasteiger partial charge in [0.05, 0.1) is 23.5 Å². The van der Waals surface area contributed by atoms with E-state index in [1.54, 1.807) is 12.1 Å². The predicted molar refractivity (Wildman–Crippen MR) is 104 cm³/mol. The van der Waals surface area contributed by atoms with E-state index in [0.717, 1.165) is 0 Å². The molecule has 0 spiro atoms. The SMILES string of the molecule is CC1CC(=O)Nc2ccc(C(=O)OCC(=O)NCC(=O)NC(C)(C)C)cc2N1. The Morgan fingerprint density at radius 1 is 1.18 bits per heavy atom. The summed E-state index contributed by atoms with van der Waals surface area (Å²) in [5, 5.41) is 11.0. The van der Waals surface area contributed by atoms with Gasteiger partial charge in [0.1, 0.15) is 0 Å². The molecule has 0 radical (unpaired) electrons. The van der Waals surface area contributed by atoms with Gasteiger partial charge in [-0.2, -0.15) is 0 Å². The monoisotopic (exact) mass is 390 g/mol. The Balaban J connectivity index is 1.87. The van der Waals surface area contributed by atoms with Crippen LogP contribution in [0, 0.1) is 0 Å². The molecule has 28 heavy (non-hydrogen) atoms. The van der Waals surface area contributed by atoms with Crippen molar-refractivity contribution in [2.75, 3.05) is 23.8 Å². The van der Waals surface area contributed by atoms with Crippen molar-refractivity contribution in [1.29, 1.82) is 0 Å². The second kappa shape index (κ2) is 8.73. The second-order valence-corrected chi connectivity index (χ2v) is 7.71. The zero-order valence-corrected chi connectivity index (χ0v) is 16.5. The van der Waals surface area contributed by atoms with E-state index in [2.05, 4.69) is 21.3 Å². The van der Waals surface area contributed by atoms with Gasteiger partial charge in [0.15, 0.2) is 6.61 Å². The van der Waals surface area contributed by atoms with E-state index < -0.39 is 24.0 Å². The largest absolute Gasteiger partial charge is 0.452 e. The summed E-state index contributed by atoms with van der Waals surface area (Å²) in [5.74, 6) is -1.70. The van der Waals surface area contributed by atoms with Crippen LogP contribution in [0.4, 0.5) is 11.4 Å². The highest BCUT2D eigenvalue weighted by Gasteiger charge is 2.20. The van der Waals surface area contributed by atoms with Crippen LogP contribution < -0.4 is 21.3 Å². The third kappa shape index (κ3) is 6.57. The van der Waals surface area contributed by atoms with Crippen molar-refractivity contribution in [1.82, 2.24) is 10.6 Å². The first-order valence-corrected chi connectivity index (χ1v) is 8.99. The standard InChI is InChI=1S/C19H26N4O5/c1-11-7-15(24)22-13-6-5-12(8-14(13)21-11)18(27)28-10-17(26)20-9-16(25)23-19(2,3)4/h5-6,8,11,21H,7,9-10H2,1-4H3,(H,20,26)(H,22,24)(H,23,25). The molecule has 0 saturated heterocycles. The summed E-state index contributed by atoms with van der Waals surface area (Å²) in [6, 6.07) is 4.59. The summed E-state index contributed by atoms with van der Waals surface area (Å²) in [7, 11) is 0. The zero-order valence-electron chi connectivity index (χ0n) is 16.5. The fourth-order valence-corrected chi connectivity index (χ4v) is 2.60. The Morgan fingerprint density at radius 2 is 1.89 bits per heavy atom. The van der Waals surface area contributed by atoms with E-state index in [4.69, 9.17) is 4.74 Å². The minimum Gasteiger partial charge on any atom is -0.452 e. The number of benzene rings is 1. The first-order valence-electron chi connectivity index (χ1n) is 8.99.